The number of nitriles is 1. The zero-order valence-corrected chi connectivity index (χ0v) is 14.9. The van der Waals surface area contributed by atoms with E-state index in [1.165, 1.54) is 6.42 Å². The molecule has 1 aliphatic heterocycles. The highest BCUT2D eigenvalue weighted by molar-refractivity contribution is 5.85. The summed E-state index contributed by atoms with van der Waals surface area (Å²) in [4.78, 5) is 23.8. The van der Waals surface area contributed by atoms with Gasteiger partial charge in [0.25, 0.3) is 0 Å². The minimum absolute atomic E-state index is 0.00457. The molecule has 1 aliphatic carbocycles. The van der Waals surface area contributed by atoms with Crippen molar-refractivity contribution >= 4 is 11.9 Å². The fraction of sp³-hybridized carbons (Fsp3) is 0.667. The first kappa shape index (κ1) is 17.6. The standard InChI is InChI=1S/C18H25N5O2/c1-12-9-14(11-19)22-18(21-12)23-15-6-4-3-5-13(15)10-16(23)17(24)20-7-8-25-2/h9,13,15-16H,3-8,10H2,1-2H3,(H,20,24)/t13-,15-,16-/m0/s1. The topological polar surface area (TPSA) is 91.1 Å². The number of hydrogen-bond donors (Lipinski definition) is 1. The van der Waals surface area contributed by atoms with E-state index < -0.39 is 0 Å². The molecule has 0 bridgehead atoms. The second kappa shape index (κ2) is 7.79. The number of anilines is 1. The molecule has 0 aromatic carbocycles. The largest absolute Gasteiger partial charge is 0.383 e. The number of carbonyl (C=O) groups excluding carboxylic acids is 1. The van der Waals surface area contributed by atoms with Crippen LogP contribution >= 0.6 is 0 Å². The average molecular weight is 343 g/mol. The highest BCUT2D eigenvalue weighted by Gasteiger charge is 2.46. The predicted molar refractivity (Wildman–Crippen MR) is 93.0 cm³/mol. The van der Waals surface area contributed by atoms with Crippen molar-refractivity contribution in [2.45, 2.75) is 51.1 Å². The third-order valence-corrected chi connectivity index (χ3v) is 5.18. The predicted octanol–water partition coefficient (Wildman–Crippen LogP) is 1.56. The monoisotopic (exact) mass is 343 g/mol. The first-order chi connectivity index (χ1) is 12.1. The number of fused-ring (bicyclic) bond motifs is 1. The van der Waals surface area contributed by atoms with E-state index in [9.17, 15) is 10.1 Å². The summed E-state index contributed by atoms with van der Waals surface area (Å²) in [5.41, 5.74) is 1.10. The Labute approximate surface area is 148 Å². The van der Waals surface area contributed by atoms with E-state index in [0.717, 1.165) is 31.4 Å². The van der Waals surface area contributed by atoms with Gasteiger partial charge in [0.2, 0.25) is 11.9 Å². The summed E-state index contributed by atoms with van der Waals surface area (Å²) < 4.78 is 5.02. The van der Waals surface area contributed by atoms with Crippen molar-refractivity contribution in [1.29, 1.82) is 5.26 Å². The lowest BCUT2D eigenvalue weighted by atomic mass is 9.85. The number of aryl methyl sites for hydroxylation is 1. The SMILES string of the molecule is COCCNC(=O)[C@@H]1C[C@@H]2CCCC[C@@H]2N1c1nc(C)cc(C#N)n1. The summed E-state index contributed by atoms with van der Waals surface area (Å²) in [6, 6.07) is 3.77. The summed E-state index contributed by atoms with van der Waals surface area (Å²) in [5.74, 6) is 0.995. The van der Waals surface area contributed by atoms with Crippen molar-refractivity contribution < 1.29 is 9.53 Å². The smallest absolute Gasteiger partial charge is 0.242 e. The van der Waals surface area contributed by atoms with Gasteiger partial charge in [-0.1, -0.05) is 12.8 Å². The molecule has 1 saturated heterocycles. The number of amides is 1. The van der Waals surface area contributed by atoms with E-state index in [0.29, 0.717) is 30.7 Å². The number of nitrogens with zero attached hydrogens (tertiary/aromatic N) is 4. The molecule has 1 aromatic heterocycles. The fourth-order valence-corrected chi connectivity index (χ4v) is 4.10. The number of methoxy groups -OCH3 is 1. The summed E-state index contributed by atoms with van der Waals surface area (Å²) in [6.07, 6.45) is 5.38. The van der Waals surface area contributed by atoms with Crippen molar-refractivity contribution in [1.82, 2.24) is 15.3 Å². The molecule has 3 atom stereocenters. The van der Waals surface area contributed by atoms with E-state index in [4.69, 9.17) is 4.74 Å². The van der Waals surface area contributed by atoms with Gasteiger partial charge in [-0.05, 0) is 38.2 Å². The van der Waals surface area contributed by atoms with E-state index in [-0.39, 0.29) is 18.0 Å². The molecule has 2 fully saturated rings. The highest BCUT2D eigenvalue weighted by atomic mass is 16.5. The van der Waals surface area contributed by atoms with Gasteiger partial charge >= 0.3 is 0 Å². The van der Waals surface area contributed by atoms with Crippen LogP contribution in [-0.4, -0.2) is 48.2 Å². The average Bonchev–Trinajstić information content (AvgIpc) is 3.01. The molecule has 1 amide bonds. The van der Waals surface area contributed by atoms with Gasteiger partial charge < -0.3 is 15.0 Å². The van der Waals surface area contributed by atoms with Gasteiger partial charge in [-0.3, -0.25) is 4.79 Å². The third-order valence-electron chi connectivity index (χ3n) is 5.18. The first-order valence-electron chi connectivity index (χ1n) is 8.94. The first-order valence-corrected chi connectivity index (χ1v) is 8.94. The van der Waals surface area contributed by atoms with Crippen molar-refractivity contribution in [2.24, 2.45) is 5.92 Å². The molecule has 1 N–H and O–H groups in total. The van der Waals surface area contributed by atoms with Crippen molar-refractivity contribution in [3.8, 4) is 6.07 Å². The van der Waals surface area contributed by atoms with E-state index in [2.05, 4.69) is 26.3 Å². The van der Waals surface area contributed by atoms with Crippen LogP contribution in [0, 0.1) is 24.2 Å². The van der Waals surface area contributed by atoms with Crippen molar-refractivity contribution in [2.75, 3.05) is 25.2 Å². The number of rotatable bonds is 5. The lowest BCUT2D eigenvalue weighted by Crippen LogP contribution is -2.48. The zero-order chi connectivity index (χ0) is 17.8. The Morgan fingerprint density at radius 1 is 1.44 bits per heavy atom. The highest BCUT2D eigenvalue weighted by Crippen LogP contribution is 2.41. The molecular weight excluding hydrogens is 318 g/mol. The molecule has 7 nitrogen and oxygen atoms in total. The van der Waals surface area contributed by atoms with Crippen LogP contribution in [0.3, 0.4) is 0 Å². The third kappa shape index (κ3) is 3.74. The van der Waals surface area contributed by atoms with Crippen LogP contribution in [0.5, 0.6) is 0 Å². The minimum Gasteiger partial charge on any atom is -0.383 e. The van der Waals surface area contributed by atoms with Gasteiger partial charge in [-0.15, -0.1) is 0 Å². The van der Waals surface area contributed by atoms with Gasteiger partial charge in [-0.2, -0.15) is 5.26 Å². The zero-order valence-electron chi connectivity index (χ0n) is 14.9. The summed E-state index contributed by atoms with van der Waals surface area (Å²) >= 11 is 0. The molecule has 25 heavy (non-hydrogen) atoms. The van der Waals surface area contributed by atoms with Crippen LogP contribution in [0.4, 0.5) is 5.95 Å². The number of hydrogen-bond acceptors (Lipinski definition) is 6. The fourth-order valence-electron chi connectivity index (χ4n) is 4.10. The Morgan fingerprint density at radius 2 is 2.24 bits per heavy atom. The van der Waals surface area contributed by atoms with Gasteiger partial charge in [-0.25, -0.2) is 9.97 Å². The number of carbonyl (C=O) groups is 1. The molecule has 1 aromatic rings. The molecule has 0 spiro atoms. The maximum Gasteiger partial charge on any atom is 0.242 e. The minimum atomic E-state index is -0.279. The Balaban J connectivity index is 1.89. The van der Waals surface area contributed by atoms with Gasteiger partial charge in [0, 0.05) is 25.4 Å². The van der Waals surface area contributed by atoms with Crippen LogP contribution in [0.15, 0.2) is 6.07 Å². The lowest BCUT2D eigenvalue weighted by Gasteiger charge is -2.33. The van der Waals surface area contributed by atoms with Crippen LogP contribution in [-0.2, 0) is 9.53 Å². The number of ether oxygens (including phenoxy) is 1. The molecule has 1 saturated carbocycles. The summed E-state index contributed by atoms with van der Waals surface area (Å²) in [6.45, 7) is 2.84. The van der Waals surface area contributed by atoms with Crippen LogP contribution in [0.1, 0.15) is 43.5 Å². The molecular formula is C18H25N5O2. The Hall–Kier alpha value is -2.20. The van der Waals surface area contributed by atoms with Crippen molar-refractivity contribution in [3.05, 3.63) is 17.5 Å². The van der Waals surface area contributed by atoms with Crippen LogP contribution < -0.4 is 10.2 Å². The molecule has 0 unspecified atom stereocenters. The Bertz CT molecular complexity index is 672. The Morgan fingerprint density at radius 3 is 3.00 bits per heavy atom. The van der Waals surface area contributed by atoms with Crippen LogP contribution in [0.2, 0.25) is 0 Å². The second-order valence-electron chi connectivity index (χ2n) is 6.86. The quantitative estimate of drug-likeness (QED) is 0.816. The summed E-state index contributed by atoms with van der Waals surface area (Å²) in [5, 5.41) is 12.2. The van der Waals surface area contributed by atoms with E-state index in [1.807, 2.05) is 6.92 Å². The van der Waals surface area contributed by atoms with E-state index in [1.54, 1.807) is 13.2 Å². The normalized spacial score (nSPS) is 25.3. The van der Waals surface area contributed by atoms with Gasteiger partial charge in [0.15, 0.2) is 0 Å². The number of aromatic nitrogens is 2. The lowest BCUT2D eigenvalue weighted by molar-refractivity contribution is -0.122. The molecule has 2 heterocycles. The van der Waals surface area contributed by atoms with Crippen molar-refractivity contribution in [3.63, 3.8) is 0 Å². The van der Waals surface area contributed by atoms with E-state index >= 15 is 0 Å². The maximum absolute atomic E-state index is 12.8. The molecule has 134 valence electrons. The van der Waals surface area contributed by atoms with Gasteiger partial charge in [0.05, 0.1) is 6.61 Å². The summed E-state index contributed by atoms with van der Waals surface area (Å²) in [7, 11) is 1.62. The number of nitrogens with one attached hydrogen (secondary N) is 1. The molecule has 3 rings (SSSR count). The molecule has 2 aliphatic rings. The van der Waals surface area contributed by atoms with Gasteiger partial charge in [0.1, 0.15) is 17.8 Å². The second-order valence-corrected chi connectivity index (χ2v) is 6.86. The maximum atomic E-state index is 12.8. The Kier molecular flexibility index (Phi) is 5.49. The van der Waals surface area contributed by atoms with Crippen LogP contribution in [0.25, 0.3) is 0 Å². The molecule has 7 heteroatoms. The molecule has 0 radical (unpaired) electrons.